The molecule has 75 heavy (non-hydrogen) atoms. The Morgan fingerprint density at radius 2 is 0.867 bits per heavy atom. The van der Waals surface area contributed by atoms with Crippen molar-refractivity contribution in [3.63, 3.8) is 0 Å². The van der Waals surface area contributed by atoms with Gasteiger partial charge >= 0.3 is 5.97 Å². The van der Waals surface area contributed by atoms with Gasteiger partial charge in [-0.2, -0.15) is 0 Å². The van der Waals surface area contributed by atoms with Gasteiger partial charge in [0.1, 0.15) is 54.9 Å². The third-order valence-electron chi connectivity index (χ3n) is 13.4. The number of hydrogen-bond acceptors (Lipinski definition) is 14. The molecule has 11 unspecified atom stereocenters. The van der Waals surface area contributed by atoms with E-state index in [-0.39, 0.29) is 19.6 Å². The van der Waals surface area contributed by atoms with Gasteiger partial charge in [0.15, 0.2) is 12.6 Å². The van der Waals surface area contributed by atoms with E-state index in [1.807, 2.05) is 0 Å². The lowest BCUT2D eigenvalue weighted by Crippen LogP contribution is -2.61. The summed E-state index contributed by atoms with van der Waals surface area (Å²) >= 11 is 0. The highest BCUT2D eigenvalue weighted by molar-refractivity contribution is 5.69. The first-order valence-electron chi connectivity index (χ1n) is 29.2. The lowest BCUT2D eigenvalue weighted by Gasteiger charge is -2.42. The molecule has 0 aliphatic carbocycles. The molecule has 2 heterocycles. The predicted molar refractivity (Wildman–Crippen MR) is 298 cm³/mol. The van der Waals surface area contributed by atoms with Crippen molar-refractivity contribution < 1.29 is 69.0 Å². The van der Waals surface area contributed by atoms with Gasteiger partial charge in [0.05, 0.1) is 26.4 Å². The lowest BCUT2D eigenvalue weighted by molar-refractivity contribution is -0.332. The van der Waals surface area contributed by atoms with Gasteiger partial charge in [0, 0.05) is 13.0 Å². The lowest BCUT2D eigenvalue weighted by atomic mass is 9.98. The summed E-state index contributed by atoms with van der Waals surface area (Å²) in [7, 11) is 0. The SMILES string of the molecule is CC/C=C\C/C=C\C/C=C\C/C=C\C/C=C\CCCCCCCC(=O)OC(COCCCCCCCCCCCC/C=C\C/C=C\CCCCC)COC1OC(COC2OC(CO)C(O)C(O)C2O)C(O)C(O)C1O. The van der Waals surface area contributed by atoms with Gasteiger partial charge in [-0.05, 0) is 89.9 Å². The molecule has 2 aliphatic heterocycles. The minimum atomic E-state index is -1.72. The molecule has 0 bridgehead atoms. The first-order chi connectivity index (χ1) is 36.6. The molecule has 0 amide bonds. The van der Waals surface area contributed by atoms with Gasteiger partial charge in [-0.15, -0.1) is 0 Å². The van der Waals surface area contributed by atoms with Gasteiger partial charge in [0.2, 0.25) is 0 Å². The van der Waals surface area contributed by atoms with Gasteiger partial charge in [-0.1, -0.05) is 182 Å². The number of esters is 1. The molecule has 14 heteroatoms. The Morgan fingerprint density at radius 3 is 1.36 bits per heavy atom. The van der Waals surface area contributed by atoms with Crippen molar-refractivity contribution in [2.24, 2.45) is 0 Å². The number of allylic oxidation sites excluding steroid dienone is 14. The fourth-order valence-electron chi connectivity index (χ4n) is 8.69. The zero-order chi connectivity index (χ0) is 54.4. The molecule has 2 rings (SSSR count). The Kier molecular flexibility index (Phi) is 43.0. The first kappa shape index (κ1) is 68.3. The van der Waals surface area contributed by atoms with E-state index in [2.05, 4.69) is 98.9 Å². The summed E-state index contributed by atoms with van der Waals surface area (Å²) in [5, 5.41) is 72.4. The van der Waals surface area contributed by atoms with E-state index in [9.17, 15) is 40.5 Å². The van der Waals surface area contributed by atoms with E-state index in [1.54, 1.807) is 0 Å². The van der Waals surface area contributed by atoms with Crippen molar-refractivity contribution in [2.75, 3.05) is 33.0 Å². The fraction of sp³-hybridized carbons (Fsp3) is 0.754. The molecule has 7 N–H and O–H groups in total. The second kappa shape index (κ2) is 47.2. The summed E-state index contributed by atoms with van der Waals surface area (Å²) in [5.41, 5.74) is 0. The highest BCUT2D eigenvalue weighted by atomic mass is 16.7. The van der Waals surface area contributed by atoms with E-state index >= 15 is 0 Å². The van der Waals surface area contributed by atoms with Crippen LogP contribution >= 0.6 is 0 Å². The van der Waals surface area contributed by atoms with Crippen LogP contribution in [0.25, 0.3) is 0 Å². The highest BCUT2D eigenvalue weighted by Gasteiger charge is 2.47. The average molecular weight is 1060 g/mol. The molecule has 432 valence electrons. The molecule has 2 fully saturated rings. The van der Waals surface area contributed by atoms with Crippen molar-refractivity contribution >= 4 is 5.97 Å². The molecule has 14 nitrogen and oxygen atoms in total. The minimum Gasteiger partial charge on any atom is -0.457 e. The smallest absolute Gasteiger partial charge is 0.306 e. The van der Waals surface area contributed by atoms with E-state index in [4.69, 9.17) is 28.4 Å². The van der Waals surface area contributed by atoms with Crippen molar-refractivity contribution in [2.45, 2.75) is 261 Å². The molecular weight excluding hydrogens is 957 g/mol. The van der Waals surface area contributed by atoms with Crippen molar-refractivity contribution in [1.29, 1.82) is 0 Å². The normalized spacial score (nSPS) is 25.2. The fourth-order valence-corrected chi connectivity index (χ4v) is 8.69. The Morgan fingerprint density at radius 1 is 0.453 bits per heavy atom. The number of hydrogen-bond donors (Lipinski definition) is 7. The maximum Gasteiger partial charge on any atom is 0.306 e. The molecule has 0 saturated carbocycles. The first-order valence-corrected chi connectivity index (χ1v) is 29.2. The number of unbranched alkanes of at least 4 members (excludes halogenated alkanes) is 18. The standard InChI is InChI=1S/C61H104O14/c1-3-5-7-9-11-13-15-17-19-21-23-25-26-28-30-32-34-36-38-40-42-44-53(63)73-50(47-70-45-43-41-39-37-35-33-31-29-27-24-22-20-18-16-14-12-10-8-6-4-2)48-71-60-59(69)57(67)55(65)52(75-60)49-72-61-58(68)56(66)54(64)51(46-62)74-61/h5,7,11-14,17-20,23,25,28,30,50-52,54-62,64-69H,3-4,6,8-10,15-16,21-22,24,26-27,29,31-49H2,1-2H3/b7-5-,13-11-,14-12-,19-17-,20-18-,25-23-,30-28-. The zero-order valence-corrected chi connectivity index (χ0v) is 46.3. The highest BCUT2D eigenvalue weighted by Crippen LogP contribution is 2.26. The minimum absolute atomic E-state index is 0.0468. The predicted octanol–water partition coefficient (Wildman–Crippen LogP) is 10.4. The van der Waals surface area contributed by atoms with Crippen molar-refractivity contribution in [3.8, 4) is 0 Å². The van der Waals surface area contributed by atoms with E-state index in [0.717, 1.165) is 89.9 Å². The number of carbonyl (C=O) groups excluding carboxylic acids is 1. The summed E-state index contributed by atoms with van der Waals surface area (Å²) in [6, 6.07) is 0. The number of ether oxygens (including phenoxy) is 6. The van der Waals surface area contributed by atoms with Crippen LogP contribution in [0.4, 0.5) is 0 Å². The number of aliphatic hydroxyl groups is 7. The quantitative estimate of drug-likeness (QED) is 0.0172. The summed E-state index contributed by atoms with van der Waals surface area (Å²) in [6.07, 6.45) is 44.9. The van der Waals surface area contributed by atoms with Crippen molar-refractivity contribution in [1.82, 2.24) is 0 Å². The third kappa shape index (κ3) is 33.9. The van der Waals surface area contributed by atoms with Gasteiger partial charge in [-0.25, -0.2) is 0 Å². The topological polar surface area (TPSA) is 214 Å². The van der Waals surface area contributed by atoms with Crippen LogP contribution in [0.3, 0.4) is 0 Å². The average Bonchev–Trinajstić information content (AvgIpc) is 3.41. The monoisotopic (exact) mass is 1060 g/mol. The van der Waals surface area contributed by atoms with E-state index in [1.165, 1.54) is 77.0 Å². The van der Waals surface area contributed by atoms with E-state index < -0.39 is 86.7 Å². The molecule has 11 atom stereocenters. The van der Waals surface area contributed by atoms with Crippen LogP contribution in [0, 0.1) is 0 Å². The van der Waals surface area contributed by atoms with Crippen LogP contribution < -0.4 is 0 Å². The van der Waals surface area contributed by atoms with Crippen LogP contribution in [0.2, 0.25) is 0 Å². The Hall–Kier alpha value is -2.83. The number of aliphatic hydroxyl groups excluding tert-OH is 7. The van der Waals surface area contributed by atoms with Crippen molar-refractivity contribution in [3.05, 3.63) is 85.1 Å². The summed E-state index contributed by atoms with van der Waals surface area (Å²) in [5.74, 6) is -0.398. The third-order valence-corrected chi connectivity index (χ3v) is 13.4. The summed E-state index contributed by atoms with van der Waals surface area (Å²) < 4.78 is 34.4. The van der Waals surface area contributed by atoms with Gasteiger partial charge < -0.3 is 64.2 Å². The Bertz CT molecular complexity index is 1560. The largest absolute Gasteiger partial charge is 0.457 e. The second-order valence-electron chi connectivity index (χ2n) is 20.1. The molecule has 2 saturated heterocycles. The van der Waals surface area contributed by atoms with Gasteiger partial charge in [0.25, 0.3) is 0 Å². The van der Waals surface area contributed by atoms with Crippen LogP contribution in [0.5, 0.6) is 0 Å². The van der Waals surface area contributed by atoms with Crippen LogP contribution in [0.1, 0.15) is 194 Å². The molecule has 0 aromatic carbocycles. The van der Waals surface area contributed by atoms with Crippen LogP contribution in [-0.4, -0.2) is 142 Å². The van der Waals surface area contributed by atoms with Crippen LogP contribution in [-0.2, 0) is 33.2 Å². The van der Waals surface area contributed by atoms with Crippen LogP contribution in [0.15, 0.2) is 85.1 Å². The van der Waals surface area contributed by atoms with E-state index in [0.29, 0.717) is 13.0 Å². The summed E-state index contributed by atoms with van der Waals surface area (Å²) in [6.45, 7) is 3.52. The molecule has 0 spiro atoms. The van der Waals surface area contributed by atoms with Gasteiger partial charge in [-0.3, -0.25) is 4.79 Å². The maximum absolute atomic E-state index is 13.1. The molecule has 0 radical (unpaired) electrons. The zero-order valence-electron chi connectivity index (χ0n) is 46.3. The molecular formula is C61H104O14. The maximum atomic E-state index is 13.1. The Balaban J connectivity index is 1.73. The second-order valence-corrected chi connectivity index (χ2v) is 20.1. The Labute approximate surface area is 452 Å². The number of carbonyl (C=O) groups is 1. The number of rotatable bonds is 46. The molecule has 0 aromatic heterocycles. The molecule has 0 aromatic rings. The molecule has 2 aliphatic rings. The summed E-state index contributed by atoms with van der Waals surface area (Å²) in [4.78, 5) is 13.1.